The summed E-state index contributed by atoms with van der Waals surface area (Å²) < 4.78 is 21.1. The lowest BCUT2D eigenvalue weighted by Crippen LogP contribution is -2.48. The Hall–Kier alpha value is -3.38. The first kappa shape index (κ1) is 27.2. The lowest BCUT2D eigenvalue weighted by molar-refractivity contribution is -0.141. The van der Waals surface area contributed by atoms with Gasteiger partial charge >= 0.3 is 5.97 Å². The number of carboxylic acid groups (broad SMARTS) is 1. The normalized spacial score (nSPS) is 15.0. The summed E-state index contributed by atoms with van der Waals surface area (Å²) >= 11 is 1.10. The summed E-state index contributed by atoms with van der Waals surface area (Å²) in [5.74, 6) is -2.10. The van der Waals surface area contributed by atoms with Crippen LogP contribution in [-0.2, 0) is 32.1 Å². The van der Waals surface area contributed by atoms with Crippen LogP contribution in [0.15, 0.2) is 54.1 Å². The second kappa shape index (κ2) is 13.6. The van der Waals surface area contributed by atoms with Crippen LogP contribution in [-0.4, -0.2) is 81.1 Å². The van der Waals surface area contributed by atoms with Gasteiger partial charge in [0.1, 0.15) is 12.4 Å². The van der Waals surface area contributed by atoms with Crippen LogP contribution in [0, 0.1) is 5.82 Å². The van der Waals surface area contributed by atoms with Crippen LogP contribution in [0.2, 0.25) is 0 Å². The second-order valence-electron chi connectivity index (χ2n) is 8.08. The topological polar surface area (TPSA) is 117 Å². The molecule has 2 heterocycles. The predicted octanol–water partition coefficient (Wildman–Crippen LogP) is 1.89. The van der Waals surface area contributed by atoms with E-state index in [1.165, 1.54) is 29.2 Å². The van der Waals surface area contributed by atoms with Gasteiger partial charge in [-0.3, -0.25) is 14.4 Å². The van der Waals surface area contributed by atoms with E-state index in [4.69, 9.17) is 4.74 Å². The molecule has 194 valence electrons. The molecule has 2 amide bonds. The molecule has 10 nitrogen and oxygen atoms in total. The molecule has 36 heavy (non-hydrogen) atoms. The van der Waals surface area contributed by atoms with Gasteiger partial charge in [0.25, 0.3) is 5.91 Å². The smallest absolute Gasteiger partial charge is 0.323 e. The molecule has 1 aromatic carbocycles. The van der Waals surface area contributed by atoms with Crippen molar-refractivity contribution in [3.63, 3.8) is 0 Å². The largest absolute Gasteiger partial charge is 0.480 e. The van der Waals surface area contributed by atoms with Gasteiger partial charge in [0.05, 0.1) is 24.3 Å². The van der Waals surface area contributed by atoms with Crippen molar-refractivity contribution in [2.75, 3.05) is 33.4 Å². The van der Waals surface area contributed by atoms with E-state index in [2.05, 4.69) is 10.3 Å². The number of imidazole rings is 1. The van der Waals surface area contributed by atoms with E-state index >= 15 is 0 Å². The van der Waals surface area contributed by atoms with Crippen LogP contribution in [0.25, 0.3) is 0 Å². The molecule has 0 fully saturated rings. The monoisotopic (exact) mass is 519 g/mol. The fourth-order valence-corrected chi connectivity index (χ4v) is 4.89. The Kier molecular flexibility index (Phi) is 10.3. The third kappa shape index (κ3) is 7.82. The molecule has 0 spiro atoms. The Morgan fingerprint density at radius 2 is 2.11 bits per heavy atom. The van der Waals surface area contributed by atoms with Crippen molar-refractivity contribution in [3.05, 3.63) is 65.5 Å². The van der Waals surface area contributed by atoms with Crippen LogP contribution in [0.5, 0.6) is 0 Å². The third-order valence-electron chi connectivity index (χ3n) is 5.47. The average Bonchev–Trinajstić information content (AvgIpc) is 3.52. The molecule has 0 aliphatic carbocycles. The number of carbonyl (C=O) groups excluding carboxylic acids is 2. The Morgan fingerprint density at radius 1 is 1.31 bits per heavy atom. The molecule has 3 rings (SSSR count). The minimum Gasteiger partial charge on any atom is -0.480 e. The molecule has 1 aromatic heterocycles. The summed E-state index contributed by atoms with van der Waals surface area (Å²) in [6.07, 6.45) is 7.67. The number of benzene rings is 1. The van der Waals surface area contributed by atoms with Crippen LogP contribution >= 0.6 is 11.8 Å². The van der Waals surface area contributed by atoms with Crippen LogP contribution in [0.4, 0.5) is 4.39 Å². The van der Waals surface area contributed by atoms with Gasteiger partial charge in [-0.2, -0.15) is 0 Å². The molecule has 2 N–H and O–H groups in total. The number of methoxy groups -OCH3 is 1. The van der Waals surface area contributed by atoms with Gasteiger partial charge in [-0.25, -0.2) is 9.37 Å². The first-order valence-corrected chi connectivity index (χ1v) is 12.4. The zero-order valence-electron chi connectivity index (χ0n) is 20.0. The first-order chi connectivity index (χ1) is 17.4. The van der Waals surface area contributed by atoms with Crippen LogP contribution < -0.4 is 5.32 Å². The molecule has 0 saturated heterocycles. The molecule has 2 aromatic rings. The number of aromatic nitrogens is 2. The van der Waals surface area contributed by atoms with Crippen molar-refractivity contribution >= 4 is 29.5 Å². The Balaban J connectivity index is 1.69. The SMILES string of the molecule is COCCC(=O)N(CCc1ccccc1F)C1SC(C(=O)NCCCn2ccnc2)=CN1CC(=O)O. The molecule has 1 aliphatic heterocycles. The van der Waals surface area contributed by atoms with Crippen LogP contribution in [0.3, 0.4) is 0 Å². The predicted molar refractivity (Wildman–Crippen MR) is 132 cm³/mol. The van der Waals surface area contributed by atoms with E-state index in [9.17, 15) is 23.9 Å². The maximum Gasteiger partial charge on any atom is 0.323 e. The van der Waals surface area contributed by atoms with E-state index in [1.807, 2.05) is 10.8 Å². The number of nitrogens with zero attached hydrogens (tertiary/aromatic N) is 4. The minimum atomic E-state index is -1.10. The van der Waals surface area contributed by atoms with Crippen molar-refractivity contribution in [1.82, 2.24) is 24.7 Å². The number of rotatable bonds is 14. The van der Waals surface area contributed by atoms with E-state index in [-0.39, 0.29) is 43.6 Å². The Labute approximate surface area is 213 Å². The molecular formula is C24H30FN5O5S. The van der Waals surface area contributed by atoms with Crippen molar-refractivity contribution in [1.29, 1.82) is 0 Å². The van der Waals surface area contributed by atoms with Crippen molar-refractivity contribution in [3.8, 4) is 0 Å². The van der Waals surface area contributed by atoms with E-state index in [1.54, 1.807) is 30.7 Å². The molecule has 0 bridgehead atoms. The number of amides is 2. The zero-order valence-corrected chi connectivity index (χ0v) is 20.8. The van der Waals surface area contributed by atoms with Gasteiger partial charge in [0.15, 0.2) is 5.50 Å². The summed E-state index contributed by atoms with van der Waals surface area (Å²) in [6.45, 7) is 1.04. The van der Waals surface area contributed by atoms with Gasteiger partial charge in [-0.1, -0.05) is 30.0 Å². The van der Waals surface area contributed by atoms with Gasteiger partial charge < -0.3 is 29.5 Å². The summed E-state index contributed by atoms with van der Waals surface area (Å²) in [6, 6.07) is 6.30. The van der Waals surface area contributed by atoms with Gasteiger partial charge in [-0.15, -0.1) is 0 Å². The summed E-state index contributed by atoms with van der Waals surface area (Å²) in [4.78, 5) is 44.6. The fraction of sp³-hybridized carbons (Fsp3) is 0.417. The highest BCUT2D eigenvalue weighted by Crippen LogP contribution is 2.35. The first-order valence-electron chi connectivity index (χ1n) is 11.5. The quantitative estimate of drug-likeness (QED) is 0.364. The number of carbonyl (C=O) groups is 3. The number of carboxylic acids is 1. The Morgan fingerprint density at radius 3 is 2.81 bits per heavy atom. The molecule has 0 saturated carbocycles. The number of aryl methyl sites for hydroxylation is 1. The average molecular weight is 520 g/mol. The molecule has 1 atom stereocenters. The van der Waals surface area contributed by atoms with Crippen molar-refractivity contribution < 1.29 is 28.6 Å². The molecule has 0 radical (unpaired) electrons. The van der Waals surface area contributed by atoms with Crippen LogP contribution in [0.1, 0.15) is 18.4 Å². The number of nitrogens with one attached hydrogen (secondary N) is 1. The third-order valence-corrected chi connectivity index (χ3v) is 6.75. The lowest BCUT2D eigenvalue weighted by Gasteiger charge is -2.34. The number of aliphatic carboxylic acids is 1. The van der Waals surface area contributed by atoms with Crippen molar-refractivity contribution in [2.45, 2.75) is 31.3 Å². The van der Waals surface area contributed by atoms with Gasteiger partial charge in [-0.05, 0) is 24.5 Å². The maximum absolute atomic E-state index is 14.2. The number of halogens is 1. The highest BCUT2D eigenvalue weighted by Gasteiger charge is 2.36. The number of thioether (sulfide) groups is 1. The summed E-state index contributed by atoms with van der Waals surface area (Å²) in [5, 5.41) is 12.3. The Bertz CT molecular complexity index is 1060. The lowest BCUT2D eigenvalue weighted by atomic mass is 10.1. The number of hydrogen-bond acceptors (Lipinski definition) is 7. The number of ether oxygens (including phenoxy) is 1. The van der Waals surface area contributed by atoms with E-state index in [0.717, 1.165) is 11.8 Å². The summed E-state index contributed by atoms with van der Waals surface area (Å²) in [7, 11) is 1.48. The fourth-order valence-electron chi connectivity index (χ4n) is 3.66. The second-order valence-corrected chi connectivity index (χ2v) is 9.18. The highest BCUT2D eigenvalue weighted by molar-refractivity contribution is 8.04. The summed E-state index contributed by atoms with van der Waals surface area (Å²) in [5.41, 5.74) is -0.317. The van der Waals surface area contributed by atoms with Gasteiger partial charge in [0.2, 0.25) is 5.91 Å². The van der Waals surface area contributed by atoms with Gasteiger partial charge in [0, 0.05) is 45.3 Å². The molecular weight excluding hydrogens is 489 g/mol. The highest BCUT2D eigenvalue weighted by atomic mass is 32.2. The minimum absolute atomic E-state index is 0.0710. The zero-order chi connectivity index (χ0) is 25.9. The van der Waals surface area contributed by atoms with E-state index in [0.29, 0.717) is 30.0 Å². The maximum atomic E-state index is 14.2. The molecule has 12 heteroatoms. The standard InChI is InChI=1S/C24H30FN5O5S/c1-35-14-8-21(31)30(12-7-18-5-2-3-6-19(18)25)24-29(16-22(32)33)15-20(36-24)23(34)27-9-4-11-28-13-10-26-17-28/h2-3,5-6,10,13,15,17,24H,4,7-9,11-12,14,16H2,1H3,(H,27,34)(H,32,33). The molecule has 1 unspecified atom stereocenters. The molecule has 1 aliphatic rings. The van der Waals surface area contributed by atoms with E-state index < -0.39 is 18.0 Å². The van der Waals surface area contributed by atoms with Crippen molar-refractivity contribution in [2.24, 2.45) is 0 Å². The number of hydrogen-bond donors (Lipinski definition) is 2.